The topological polar surface area (TPSA) is 66.4 Å². The molecule has 1 aromatic carbocycles. The highest BCUT2D eigenvalue weighted by atomic mass is 32.2. The van der Waals surface area contributed by atoms with E-state index in [0.29, 0.717) is 19.5 Å². The fourth-order valence-corrected chi connectivity index (χ4v) is 5.16. The molecule has 1 fully saturated rings. The second-order valence-corrected chi connectivity index (χ2v) is 9.85. The maximum atomic E-state index is 13.0. The van der Waals surface area contributed by atoms with Gasteiger partial charge in [-0.05, 0) is 37.3 Å². The average molecular weight is 413 g/mol. The molecule has 0 bridgehead atoms. The molecule has 0 atom stereocenters. The van der Waals surface area contributed by atoms with Crippen molar-refractivity contribution in [2.45, 2.75) is 39.7 Å². The van der Waals surface area contributed by atoms with Gasteiger partial charge in [0.2, 0.25) is 10.0 Å². The molecule has 154 valence electrons. The maximum Gasteiger partial charge on any atom is 0.236 e. The molecule has 0 unspecified atom stereocenters. The van der Waals surface area contributed by atoms with Gasteiger partial charge in [0.15, 0.2) is 0 Å². The van der Waals surface area contributed by atoms with Crippen LogP contribution in [0, 0.1) is 12.8 Å². The number of piperidine rings is 1. The molecule has 3 heterocycles. The van der Waals surface area contributed by atoms with Crippen LogP contribution in [-0.2, 0) is 23.0 Å². The number of rotatable bonds is 4. The van der Waals surface area contributed by atoms with E-state index in [4.69, 9.17) is 4.98 Å². The van der Waals surface area contributed by atoms with Crippen molar-refractivity contribution in [3.05, 3.63) is 58.4 Å². The molecule has 1 saturated heterocycles. The summed E-state index contributed by atoms with van der Waals surface area (Å²) in [5.74, 6) is 2.41. The highest BCUT2D eigenvalue weighted by Crippen LogP contribution is 2.31. The van der Waals surface area contributed by atoms with E-state index in [1.165, 1.54) is 5.41 Å². The molecular weight excluding hydrogens is 384 g/mol. The highest BCUT2D eigenvalue weighted by molar-refractivity contribution is 7.92. The van der Waals surface area contributed by atoms with Crippen LogP contribution in [0.15, 0.2) is 35.7 Å². The zero-order valence-corrected chi connectivity index (χ0v) is 17.9. The molecule has 1 aromatic heterocycles. The smallest absolute Gasteiger partial charge is 0.236 e. The number of aromatic nitrogens is 2. The van der Waals surface area contributed by atoms with Crippen molar-refractivity contribution in [2.24, 2.45) is 5.92 Å². The minimum Gasteiger partial charge on any atom is -0.356 e. The van der Waals surface area contributed by atoms with Gasteiger partial charge in [0.25, 0.3) is 0 Å². The van der Waals surface area contributed by atoms with Gasteiger partial charge in [-0.2, -0.15) is 4.31 Å². The molecule has 2 aliphatic heterocycles. The van der Waals surface area contributed by atoms with Crippen molar-refractivity contribution < 1.29 is 8.42 Å². The monoisotopic (exact) mass is 412 g/mol. The number of fused-ring (bicyclic) bond motifs is 1. The van der Waals surface area contributed by atoms with Crippen LogP contribution >= 0.6 is 0 Å². The van der Waals surface area contributed by atoms with Crippen molar-refractivity contribution in [3.63, 3.8) is 0 Å². The Morgan fingerprint density at radius 2 is 1.79 bits per heavy atom. The lowest BCUT2D eigenvalue weighted by Gasteiger charge is -2.35. The first-order valence-electron chi connectivity index (χ1n) is 10.3. The molecule has 29 heavy (non-hydrogen) atoms. The van der Waals surface area contributed by atoms with Crippen molar-refractivity contribution in [1.29, 1.82) is 0 Å². The molecule has 7 heteroatoms. The summed E-state index contributed by atoms with van der Waals surface area (Å²) in [6, 6.07) is 9.50. The predicted molar refractivity (Wildman–Crippen MR) is 116 cm³/mol. The Hall–Kier alpha value is -2.25. The Labute approximate surface area is 173 Å². The van der Waals surface area contributed by atoms with Gasteiger partial charge >= 0.3 is 0 Å². The highest BCUT2D eigenvalue weighted by Gasteiger charge is 2.30. The lowest BCUT2D eigenvalue weighted by atomic mass is 9.98. The molecule has 0 aliphatic carbocycles. The summed E-state index contributed by atoms with van der Waals surface area (Å²) < 4.78 is 27.4. The van der Waals surface area contributed by atoms with Crippen LogP contribution in [0.5, 0.6) is 0 Å². The predicted octanol–water partition coefficient (Wildman–Crippen LogP) is 3.38. The van der Waals surface area contributed by atoms with Gasteiger partial charge < -0.3 is 4.90 Å². The third-order valence-corrected chi connectivity index (χ3v) is 7.30. The molecule has 0 spiro atoms. The summed E-state index contributed by atoms with van der Waals surface area (Å²) in [6.07, 6.45) is 4.55. The van der Waals surface area contributed by atoms with E-state index in [1.807, 2.05) is 37.3 Å². The standard InChI is InChI=1S/C22H28N4O2S/c1-17-8-12-25(13-9-17)22-20-16-26(14-10-21(20)23-18(2)24-22)29(27,28)15-11-19-6-4-3-5-7-19/h3-7,11,15,17H,8-10,12-14,16H2,1-2H3. The van der Waals surface area contributed by atoms with Gasteiger partial charge in [0.05, 0.1) is 5.69 Å². The molecule has 4 rings (SSSR count). The van der Waals surface area contributed by atoms with E-state index in [1.54, 1.807) is 10.4 Å². The SMILES string of the molecule is Cc1nc2c(c(N3CCC(C)CC3)n1)CN(S(=O)(=O)C=Cc1ccccc1)CC2. The van der Waals surface area contributed by atoms with Crippen molar-refractivity contribution in [3.8, 4) is 0 Å². The van der Waals surface area contributed by atoms with E-state index in [9.17, 15) is 8.42 Å². The molecule has 0 saturated carbocycles. The van der Waals surface area contributed by atoms with Gasteiger partial charge in [-0.1, -0.05) is 37.3 Å². The van der Waals surface area contributed by atoms with Crippen LogP contribution in [0.3, 0.4) is 0 Å². The molecule has 0 N–H and O–H groups in total. The van der Waals surface area contributed by atoms with E-state index in [0.717, 1.165) is 60.3 Å². The minimum absolute atomic E-state index is 0.332. The van der Waals surface area contributed by atoms with E-state index >= 15 is 0 Å². The van der Waals surface area contributed by atoms with Gasteiger partial charge in [0, 0.05) is 43.6 Å². The van der Waals surface area contributed by atoms with E-state index in [-0.39, 0.29) is 0 Å². The summed E-state index contributed by atoms with van der Waals surface area (Å²) in [5.41, 5.74) is 2.83. The lowest BCUT2D eigenvalue weighted by molar-refractivity contribution is 0.388. The first-order valence-corrected chi connectivity index (χ1v) is 11.8. The van der Waals surface area contributed by atoms with Crippen molar-refractivity contribution in [2.75, 3.05) is 24.5 Å². The number of sulfonamides is 1. The van der Waals surface area contributed by atoms with Gasteiger partial charge in [-0.15, -0.1) is 0 Å². The van der Waals surface area contributed by atoms with Crippen LogP contribution in [-0.4, -0.2) is 42.3 Å². The fraction of sp³-hybridized carbons (Fsp3) is 0.455. The van der Waals surface area contributed by atoms with E-state index in [2.05, 4.69) is 16.8 Å². The largest absolute Gasteiger partial charge is 0.356 e. The third-order valence-electron chi connectivity index (χ3n) is 5.79. The third kappa shape index (κ3) is 4.51. The van der Waals surface area contributed by atoms with Crippen LogP contribution < -0.4 is 4.90 Å². The Morgan fingerprint density at radius 1 is 1.07 bits per heavy atom. The zero-order chi connectivity index (χ0) is 20.4. The number of benzene rings is 1. The first-order chi connectivity index (χ1) is 13.9. The molecule has 6 nitrogen and oxygen atoms in total. The summed E-state index contributed by atoms with van der Waals surface area (Å²) in [5, 5.41) is 1.31. The molecule has 2 aliphatic rings. The van der Waals surface area contributed by atoms with Gasteiger partial charge in [0.1, 0.15) is 11.6 Å². The van der Waals surface area contributed by atoms with Crippen LogP contribution in [0.25, 0.3) is 6.08 Å². The molecule has 0 radical (unpaired) electrons. The van der Waals surface area contributed by atoms with Crippen LogP contribution in [0.4, 0.5) is 5.82 Å². The average Bonchev–Trinajstić information content (AvgIpc) is 2.73. The Kier molecular flexibility index (Phi) is 5.69. The summed E-state index contributed by atoms with van der Waals surface area (Å²) in [4.78, 5) is 11.6. The lowest BCUT2D eigenvalue weighted by Crippen LogP contribution is -2.39. The van der Waals surface area contributed by atoms with Gasteiger partial charge in [-0.25, -0.2) is 18.4 Å². The number of hydrogen-bond donors (Lipinski definition) is 0. The summed E-state index contributed by atoms with van der Waals surface area (Å²) in [6.45, 7) is 6.91. The molecular formula is C22H28N4O2S. The summed E-state index contributed by atoms with van der Waals surface area (Å²) >= 11 is 0. The van der Waals surface area contributed by atoms with Crippen LogP contribution in [0.2, 0.25) is 0 Å². The van der Waals surface area contributed by atoms with Gasteiger partial charge in [-0.3, -0.25) is 0 Å². The Balaban J connectivity index is 1.59. The first kappa shape index (κ1) is 20.0. The number of hydrogen-bond acceptors (Lipinski definition) is 5. The molecule has 2 aromatic rings. The number of aryl methyl sites for hydroxylation is 1. The number of anilines is 1. The second-order valence-electron chi connectivity index (χ2n) is 8.03. The van der Waals surface area contributed by atoms with Crippen molar-refractivity contribution >= 4 is 21.9 Å². The van der Waals surface area contributed by atoms with Crippen molar-refractivity contribution in [1.82, 2.24) is 14.3 Å². The second kappa shape index (κ2) is 8.24. The zero-order valence-electron chi connectivity index (χ0n) is 17.1. The van der Waals surface area contributed by atoms with E-state index < -0.39 is 10.0 Å². The Bertz CT molecular complexity index is 997. The fourth-order valence-electron chi connectivity index (χ4n) is 4.01. The molecule has 0 amide bonds. The summed E-state index contributed by atoms with van der Waals surface area (Å²) in [7, 11) is -3.51. The number of nitrogens with zero attached hydrogens (tertiary/aromatic N) is 4. The Morgan fingerprint density at radius 3 is 2.52 bits per heavy atom. The quantitative estimate of drug-likeness (QED) is 0.770. The minimum atomic E-state index is -3.51. The van der Waals surface area contributed by atoms with Crippen LogP contribution in [0.1, 0.15) is 42.4 Å². The normalized spacial score (nSPS) is 18.9. The maximum absolute atomic E-state index is 13.0.